The zero-order valence-electron chi connectivity index (χ0n) is 22.2. The average Bonchev–Trinajstić information content (AvgIpc) is 2.44. The van der Waals surface area contributed by atoms with Crippen molar-refractivity contribution in [2.45, 2.75) is 103 Å². The average molecular weight is 547 g/mol. The molecule has 0 saturated heterocycles. The second-order valence-corrected chi connectivity index (χ2v) is 34.6. The predicted molar refractivity (Wildman–Crippen MR) is 143 cm³/mol. The van der Waals surface area contributed by atoms with Gasteiger partial charge < -0.3 is 30.8 Å². The predicted octanol–water partition coefficient (Wildman–Crippen LogP) is 5.05. The van der Waals surface area contributed by atoms with E-state index in [1.165, 1.54) is 0 Å². The van der Waals surface area contributed by atoms with Gasteiger partial charge in [-0.3, -0.25) is 0 Å². The first kappa shape index (κ1) is 32.0. The molecule has 0 fully saturated rings. The smallest absolute Gasteiger partial charge is 0.314 e. The summed E-state index contributed by atoms with van der Waals surface area (Å²) in [6, 6.07) is 1.84. The maximum atomic E-state index is 9.16. The first-order valence-electron chi connectivity index (χ1n) is 11.4. The second-order valence-electron chi connectivity index (χ2n) is 11.3. The van der Waals surface area contributed by atoms with Gasteiger partial charge in [-0.25, -0.2) is 0 Å². The number of rotatable bonds is 16. The van der Waals surface area contributed by atoms with Gasteiger partial charge in [0.15, 0.2) is 16.6 Å². The fourth-order valence-corrected chi connectivity index (χ4v) is 34.2. The molecule has 0 unspecified atom stereocenters. The van der Waals surface area contributed by atoms with Crippen molar-refractivity contribution in [3.05, 3.63) is 0 Å². The van der Waals surface area contributed by atoms with E-state index in [2.05, 4.69) is 78.6 Å². The molecule has 0 aromatic heterocycles. The lowest BCUT2D eigenvalue weighted by atomic mass is 10.5. The van der Waals surface area contributed by atoms with Crippen LogP contribution < -0.4 is 0 Å². The molecule has 0 aliphatic carbocycles. The van der Waals surface area contributed by atoms with E-state index in [-0.39, 0.29) is 13.2 Å². The molecule has 7 nitrogen and oxygen atoms in total. The minimum absolute atomic E-state index is 0.199. The third-order valence-corrected chi connectivity index (χ3v) is 27.7. The van der Waals surface area contributed by atoms with E-state index in [9.17, 15) is 0 Å². The lowest BCUT2D eigenvalue weighted by Gasteiger charge is -2.43. The maximum absolute atomic E-state index is 9.16. The Labute approximate surface area is 198 Å². The van der Waals surface area contributed by atoms with Gasteiger partial charge in [-0.05, 0) is 103 Å². The fourth-order valence-electron chi connectivity index (χ4n) is 4.30. The Morgan fingerprint density at radius 1 is 0.419 bits per heavy atom. The Hall–Kier alpha value is 1.02. The highest BCUT2D eigenvalue weighted by atomic mass is 28.5. The summed E-state index contributed by atoms with van der Waals surface area (Å²) in [7, 11) is -13.6. The molecular weight excluding hydrogens is 497 g/mol. The molecule has 0 aromatic carbocycles. The van der Waals surface area contributed by atoms with E-state index in [1.807, 2.05) is 0 Å². The van der Waals surface area contributed by atoms with Crippen molar-refractivity contribution >= 4 is 50.9 Å². The summed E-state index contributed by atoms with van der Waals surface area (Å²) in [5.41, 5.74) is 0. The molecule has 0 radical (unpaired) electrons. The van der Waals surface area contributed by atoms with Crippen molar-refractivity contribution in [3.63, 3.8) is 0 Å². The van der Waals surface area contributed by atoms with Crippen LogP contribution in [0, 0.1) is 0 Å². The van der Waals surface area contributed by atoms with Gasteiger partial charge in [0.1, 0.15) is 0 Å². The highest BCUT2D eigenvalue weighted by molar-refractivity contribution is 6.91. The van der Waals surface area contributed by atoms with Crippen LogP contribution in [0.15, 0.2) is 0 Å². The van der Waals surface area contributed by atoms with Gasteiger partial charge in [-0.2, -0.15) is 0 Å². The van der Waals surface area contributed by atoms with Gasteiger partial charge in [-0.15, -0.1) is 0 Å². The van der Waals surface area contributed by atoms with Crippen LogP contribution in [0.4, 0.5) is 0 Å². The van der Waals surface area contributed by atoms with Gasteiger partial charge in [0.2, 0.25) is 0 Å². The van der Waals surface area contributed by atoms with E-state index in [1.54, 1.807) is 0 Å². The van der Waals surface area contributed by atoms with Crippen molar-refractivity contribution in [1.29, 1.82) is 0 Å². The standard InChI is InChI=1S/C18H50O7Si6/c1-26(2,17-13-15-19)21-28(5,6)23-30(9,10)25-31(11,12)24-29(7,8)22-27(3,4)18-14-16-20/h19-20H,13-18H2,1-12H3. The third-order valence-electron chi connectivity index (χ3n) is 4.39. The van der Waals surface area contributed by atoms with E-state index in [0.29, 0.717) is 0 Å². The van der Waals surface area contributed by atoms with E-state index in [4.69, 9.17) is 30.8 Å². The minimum atomic E-state index is -2.49. The SMILES string of the molecule is C[Si](C)(CCCO)O[Si](C)(C)O[Si](C)(C)O[Si](C)(C)O[Si](C)(C)O[Si](C)(C)CCCO. The van der Waals surface area contributed by atoms with Gasteiger partial charge in [0.25, 0.3) is 0 Å². The monoisotopic (exact) mass is 546 g/mol. The molecule has 0 heterocycles. The van der Waals surface area contributed by atoms with Crippen LogP contribution in [0.25, 0.3) is 0 Å². The van der Waals surface area contributed by atoms with Gasteiger partial charge in [0.05, 0.1) is 0 Å². The van der Waals surface area contributed by atoms with E-state index >= 15 is 0 Å². The van der Waals surface area contributed by atoms with Crippen LogP contribution in [0.3, 0.4) is 0 Å². The summed E-state index contributed by atoms with van der Waals surface area (Å²) in [4.78, 5) is 0. The topological polar surface area (TPSA) is 86.6 Å². The van der Waals surface area contributed by atoms with Crippen LogP contribution in [-0.4, -0.2) is 74.3 Å². The molecule has 188 valence electrons. The lowest BCUT2D eigenvalue weighted by molar-refractivity contribution is 0.275. The van der Waals surface area contributed by atoms with Crippen molar-refractivity contribution in [3.8, 4) is 0 Å². The highest BCUT2D eigenvalue weighted by Gasteiger charge is 2.47. The number of hydrogen-bond acceptors (Lipinski definition) is 7. The van der Waals surface area contributed by atoms with Crippen molar-refractivity contribution < 1.29 is 30.8 Å². The summed E-state index contributed by atoms with van der Waals surface area (Å²) >= 11 is 0. The van der Waals surface area contributed by atoms with Gasteiger partial charge in [0, 0.05) is 13.2 Å². The normalized spacial score (nSPS) is 14.9. The maximum Gasteiger partial charge on any atom is 0.314 e. The number of aliphatic hydroxyl groups is 2. The zero-order chi connectivity index (χ0) is 24.8. The van der Waals surface area contributed by atoms with Crippen LogP contribution in [-0.2, 0) is 20.6 Å². The molecule has 0 saturated carbocycles. The molecule has 31 heavy (non-hydrogen) atoms. The van der Waals surface area contributed by atoms with Crippen LogP contribution in [0.2, 0.25) is 90.7 Å². The summed E-state index contributed by atoms with van der Waals surface area (Å²) in [5, 5.41) is 18.3. The molecule has 13 heteroatoms. The third kappa shape index (κ3) is 15.5. The number of hydrogen-bond donors (Lipinski definition) is 2. The summed E-state index contributed by atoms with van der Waals surface area (Å²) in [6.45, 7) is 25.8. The Morgan fingerprint density at radius 2 is 0.645 bits per heavy atom. The first-order chi connectivity index (χ1) is 13.7. The Bertz CT molecular complexity index is 495. The summed E-state index contributed by atoms with van der Waals surface area (Å²) in [5.74, 6) is 0. The van der Waals surface area contributed by atoms with Crippen LogP contribution in [0.5, 0.6) is 0 Å². The van der Waals surface area contributed by atoms with Crippen molar-refractivity contribution in [1.82, 2.24) is 0 Å². The Balaban J connectivity index is 5.08. The summed E-state index contributed by atoms with van der Waals surface area (Å²) < 4.78 is 32.8. The summed E-state index contributed by atoms with van der Waals surface area (Å²) in [6.07, 6.45) is 1.54. The molecule has 0 aliphatic rings. The molecule has 0 atom stereocenters. The lowest BCUT2D eigenvalue weighted by Crippen LogP contribution is -2.60. The molecule has 0 aromatic rings. The quantitative estimate of drug-likeness (QED) is 0.262. The van der Waals surface area contributed by atoms with E-state index in [0.717, 1.165) is 24.9 Å². The van der Waals surface area contributed by atoms with Gasteiger partial charge in [-0.1, -0.05) is 0 Å². The molecule has 0 amide bonds. The van der Waals surface area contributed by atoms with Gasteiger partial charge >= 0.3 is 34.2 Å². The molecule has 0 bridgehead atoms. The molecule has 0 rings (SSSR count). The largest absolute Gasteiger partial charge is 0.436 e. The molecule has 0 aliphatic heterocycles. The molecule has 0 spiro atoms. The van der Waals surface area contributed by atoms with Crippen molar-refractivity contribution in [2.75, 3.05) is 13.2 Å². The first-order valence-corrected chi connectivity index (χ1v) is 28.9. The Morgan fingerprint density at radius 3 is 0.871 bits per heavy atom. The van der Waals surface area contributed by atoms with E-state index < -0.39 is 50.9 Å². The number of aliphatic hydroxyl groups excluding tert-OH is 2. The second kappa shape index (κ2) is 12.1. The highest BCUT2D eigenvalue weighted by Crippen LogP contribution is 2.29. The fraction of sp³-hybridized carbons (Fsp3) is 1.00. The van der Waals surface area contributed by atoms with Crippen molar-refractivity contribution in [2.24, 2.45) is 0 Å². The molecule has 2 N–H and O–H groups in total. The molecular formula is C18H50O7Si6. The van der Waals surface area contributed by atoms with Crippen LogP contribution in [0.1, 0.15) is 12.8 Å². The minimum Gasteiger partial charge on any atom is -0.436 e. The van der Waals surface area contributed by atoms with Crippen LogP contribution >= 0.6 is 0 Å². The zero-order valence-corrected chi connectivity index (χ0v) is 28.2. The Kier molecular flexibility index (Phi) is 12.5.